The molecule has 4 nitrogen and oxygen atoms in total. The van der Waals surface area contributed by atoms with Gasteiger partial charge in [-0.05, 0) is 64.5 Å². The first-order chi connectivity index (χ1) is 12.1. The fraction of sp³-hybridized carbons (Fsp3) is 0.952. The Labute approximate surface area is 153 Å². The van der Waals surface area contributed by atoms with Gasteiger partial charge in [0.05, 0.1) is 0 Å². The highest BCUT2D eigenvalue weighted by Crippen LogP contribution is 2.60. The predicted molar refractivity (Wildman–Crippen MR) is 102 cm³/mol. The number of hydrogen-bond donors (Lipinski definition) is 0. The van der Waals surface area contributed by atoms with Gasteiger partial charge in [0.2, 0.25) is 5.91 Å². The van der Waals surface area contributed by atoms with Crippen LogP contribution >= 0.6 is 0 Å². The number of carbonyl (C=O) groups excluding carboxylic acids is 1. The summed E-state index contributed by atoms with van der Waals surface area (Å²) < 4.78 is 0. The van der Waals surface area contributed by atoms with E-state index in [-0.39, 0.29) is 0 Å². The molecule has 4 fully saturated rings. The largest absolute Gasteiger partial charge is 0.340 e. The van der Waals surface area contributed by atoms with Gasteiger partial charge in [0.1, 0.15) is 0 Å². The summed E-state index contributed by atoms with van der Waals surface area (Å²) in [5.74, 6) is 0.837. The van der Waals surface area contributed by atoms with Gasteiger partial charge < -0.3 is 9.80 Å². The van der Waals surface area contributed by atoms with E-state index in [0.29, 0.717) is 23.3 Å². The highest BCUT2D eigenvalue weighted by molar-refractivity contribution is 5.83. The van der Waals surface area contributed by atoms with E-state index in [1.807, 2.05) is 0 Å². The molecule has 0 aromatic heterocycles. The summed E-state index contributed by atoms with van der Waals surface area (Å²) >= 11 is 0. The van der Waals surface area contributed by atoms with Gasteiger partial charge in [-0.2, -0.15) is 0 Å². The molecule has 4 rings (SSSR count). The number of piperidine rings is 1. The van der Waals surface area contributed by atoms with Crippen molar-refractivity contribution in [2.45, 2.75) is 77.3 Å². The summed E-state index contributed by atoms with van der Waals surface area (Å²) in [5, 5.41) is 0. The van der Waals surface area contributed by atoms with Crippen LogP contribution in [-0.4, -0.2) is 72.0 Å². The predicted octanol–water partition coefficient (Wildman–Crippen LogP) is 2.97. The molecule has 0 aromatic carbocycles. The zero-order chi connectivity index (χ0) is 17.4. The number of likely N-dealkylation sites (tertiary alicyclic amines) is 1. The Balaban J connectivity index is 1.25. The third-order valence-corrected chi connectivity index (χ3v) is 7.73. The molecule has 142 valence electrons. The fourth-order valence-corrected chi connectivity index (χ4v) is 5.71. The second-order valence-electron chi connectivity index (χ2n) is 9.40. The normalized spacial score (nSPS) is 31.6. The van der Waals surface area contributed by atoms with Crippen molar-refractivity contribution in [3.05, 3.63) is 0 Å². The monoisotopic (exact) mass is 347 g/mol. The summed E-state index contributed by atoms with van der Waals surface area (Å²) in [6.45, 7) is 11.1. The Morgan fingerprint density at radius 2 is 1.56 bits per heavy atom. The topological polar surface area (TPSA) is 26.8 Å². The molecule has 2 heterocycles. The van der Waals surface area contributed by atoms with E-state index in [4.69, 9.17) is 0 Å². The van der Waals surface area contributed by atoms with Crippen LogP contribution in [0.5, 0.6) is 0 Å². The molecule has 2 aliphatic carbocycles. The molecular formula is C21H37N3O. The van der Waals surface area contributed by atoms with Gasteiger partial charge in [-0.1, -0.05) is 19.3 Å². The van der Waals surface area contributed by atoms with Crippen LogP contribution < -0.4 is 0 Å². The quantitative estimate of drug-likeness (QED) is 0.785. The van der Waals surface area contributed by atoms with Crippen molar-refractivity contribution in [2.24, 2.45) is 11.3 Å². The number of rotatable bonds is 3. The van der Waals surface area contributed by atoms with E-state index in [0.717, 1.165) is 32.2 Å². The van der Waals surface area contributed by atoms with Crippen LogP contribution in [0.4, 0.5) is 0 Å². The zero-order valence-corrected chi connectivity index (χ0v) is 16.4. The van der Waals surface area contributed by atoms with E-state index in [2.05, 4.69) is 28.5 Å². The Morgan fingerprint density at radius 1 is 0.920 bits per heavy atom. The van der Waals surface area contributed by atoms with Crippen molar-refractivity contribution in [2.75, 3.05) is 39.3 Å². The van der Waals surface area contributed by atoms with Crippen LogP contribution in [0.15, 0.2) is 0 Å². The molecule has 0 N–H and O–H groups in total. The summed E-state index contributed by atoms with van der Waals surface area (Å²) in [5.41, 5.74) is 0.378. The molecule has 1 atom stereocenters. The van der Waals surface area contributed by atoms with Gasteiger partial charge in [0.15, 0.2) is 0 Å². The molecule has 0 radical (unpaired) electrons. The molecule has 2 aliphatic heterocycles. The van der Waals surface area contributed by atoms with Crippen LogP contribution in [0.25, 0.3) is 0 Å². The first-order valence-electron chi connectivity index (χ1n) is 10.9. The van der Waals surface area contributed by atoms with Crippen molar-refractivity contribution in [3.8, 4) is 0 Å². The number of carbonyl (C=O) groups is 1. The number of hydrogen-bond acceptors (Lipinski definition) is 3. The van der Waals surface area contributed by atoms with Gasteiger partial charge in [-0.15, -0.1) is 0 Å². The molecule has 0 bridgehead atoms. The van der Waals surface area contributed by atoms with Gasteiger partial charge in [0.25, 0.3) is 0 Å². The SMILES string of the molecule is CC(C)N1CCC2(CC1)CC2C(=O)N1CCN(C2CCCCC2)CC1. The van der Waals surface area contributed by atoms with E-state index < -0.39 is 0 Å². The Bertz CT molecular complexity index is 470. The van der Waals surface area contributed by atoms with Crippen molar-refractivity contribution in [1.29, 1.82) is 0 Å². The minimum absolute atomic E-state index is 0.350. The average Bonchev–Trinajstić information content (AvgIpc) is 3.35. The molecular weight excluding hydrogens is 310 g/mol. The minimum Gasteiger partial charge on any atom is -0.340 e. The third-order valence-electron chi connectivity index (χ3n) is 7.73. The molecule has 4 aliphatic rings. The van der Waals surface area contributed by atoms with Crippen molar-refractivity contribution in [3.63, 3.8) is 0 Å². The molecule has 1 spiro atoms. The highest BCUT2D eigenvalue weighted by Gasteiger charge is 2.59. The molecule has 25 heavy (non-hydrogen) atoms. The smallest absolute Gasteiger partial charge is 0.226 e. The Hall–Kier alpha value is -0.610. The molecule has 1 amide bonds. The zero-order valence-electron chi connectivity index (χ0n) is 16.4. The van der Waals surface area contributed by atoms with Crippen molar-refractivity contribution in [1.82, 2.24) is 14.7 Å². The summed E-state index contributed by atoms with van der Waals surface area (Å²) in [6, 6.07) is 1.46. The number of nitrogens with zero attached hydrogens (tertiary/aromatic N) is 3. The lowest BCUT2D eigenvalue weighted by molar-refractivity contribution is -0.136. The molecule has 1 unspecified atom stereocenters. The number of piperazine rings is 1. The van der Waals surface area contributed by atoms with Crippen LogP contribution in [0.2, 0.25) is 0 Å². The lowest BCUT2D eigenvalue weighted by Crippen LogP contribution is -2.53. The van der Waals surface area contributed by atoms with Gasteiger partial charge in [0, 0.05) is 44.2 Å². The van der Waals surface area contributed by atoms with Crippen LogP contribution in [0.3, 0.4) is 0 Å². The van der Waals surface area contributed by atoms with Gasteiger partial charge in [-0.25, -0.2) is 0 Å². The van der Waals surface area contributed by atoms with Gasteiger partial charge in [-0.3, -0.25) is 9.69 Å². The average molecular weight is 348 g/mol. The molecule has 2 saturated carbocycles. The second kappa shape index (κ2) is 7.19. The first kappa shape index (κ1) is 17.8. The molecule has 2 saturated heterocycles. The van der Waals surface area contributed by atoms with E-state index in [9.17, 15) is 4.79 Å². The van der Waals surface area contributed by atoms with Crippen LogP contribution in [-0.2, 0) is 4.79 Å². The van der Waals surface area contributed by atoms with Crippen LogP contribution in [0.1, 0.15) is 65.2 Å². The van der Waals surface area contributed by atoms with E-state index >= 15 is 0 Å². The standard InChI is InChI=1S/C21H37N3O/c1-17(2)22-10-8-21(9-11-22)16-19(21)20(25)24-14-12-23(13-15-24)18-6-4-3-5-7-18/h17-19H,3-16H2,1-2H3. The Kier molecular flexibility index (Phi) is 5.11. The molecule has 4 heteroatoms. The minimum atomic E-state index is 0.350. The highest BCUT2D eigenvalue weighted by atomic mass is 16.2. The van der Waals surface area contributed by atoms with E-state index in [1.165, 1.54) is 64.5 Å². The lowest BCUT2D eigenvalue weighted by atomic mass is 9.89. The summed E-state index contributed by atoms with van der Waals surface area (Å²) in [4.78, 5) is 20.5. The maximum absolute atomic E-state index is 13.0. The second-order valence-corrected chi connectivity index (χ2v) is 9.40. The lowest BCUT2D eigenvalue weighted by Gasteiger charge is -2.41. The van der Waals surface area contributed by atoms with Gasteiger partial charge >= 0.3 is 0 Å². The fourth-order valence-electron chi connectivity index (χ4n) is 5.71. The van der Waals surface area contributed by atoms with Crippen LogP contribution in [0, 0.1) is 11.3 Å². The van der Waals surface area contributed by atoms with Crippen molar-refractivity contribution < 1.29 is 4.79 Å². The van der Waals surface area contributed by atoms with E-state index in [1.54, 1.807) is 0 Å². The third kappa shape index (κ3) is 3.62. The number of amides is 1. The summed E-state index contributed by atoms with van der Waals surface area (Å²) in [6.07, 6.45) is 10.6. The van der Waals surface area contributed by atoms with Crippen molar-refractivity contribution >= 4 is 5.91 Å². The Morgan fingerprint density at radius 3 is 2.16 bits per heavy atom. The maximum Gasteiger partial charge on any atom is 0.226 e. The molecule has 0 aromatic rings. The first-order valence-corrected chi connectivity index (χ1v) is 10.9. The summed E-state index contributed by atoms with van der Waals surface area (Å²) in [7, 11) is 0. The maximum atomic E-state index is 13.0.